The molecule has 0 aliphatic carbocycles. The summed E-state index contributed by atoms with van der Waals surface area (Å²) in [6, 6.07) is 16.8. The van der Waals surface area contributed by atoms with E-state index in [1.54, 1.807) is 25.3 Å². The zero-order valence-electron chi connectivity index (χ0n) is 18.9. The number of amides is 1. The quantitative estimate of drug-likeness (QED) is 0.434. The highest BCUT2D eigenvalue weighted by Gasteiger charge is 2.19. The molecule has 0 saturated heterocycles. The van der Waals surface area contributed by atoms with E-state index in [0.717, 1.165) is 11.1 Å². The van der Waals surface area contributed by atoms with Crippen molar-refractivity contribution in [2.45, 2.75) is 11.3 Å². The van der Waals surface area contributed by atoms with E-state index >= 15 is 0 Å². The van der Waals surface area contributed by atoms with Gasteiger partial charge in [-0.2, -0.15) is 0 Å². The number of rotatable bonds is 10. The van der Waals surface area contributed by atoms with Crippen LogP contribution in [0.15, 0.2) is 65.6 Å². The smallest absolute Gasteiger partial charge is 0.241 e. The Morgan fingerprint density at radius 2 is 1.56 bits per heavy atom. The third-order valence-electron chi connectivity index (χ3n) is 5.00. The van der Waals surface area contributed by atoms with Crippen molar-refractivity contribution in [3.63, 3.8) is 0 Å². The molecule has 3 aromatic rings. The molecule has 0 aliphatic heterocycles. The second-order valence-corrected chi connectivity index (χ2v) is 9.38. The molecule has 1 amide bonds. The number of anilines is 1. The second-order valence-electron chi connectivity index (χ2n) is 7.18. The van der Waals surface area contributed by atoms with E-state index in [-0.39, 0.29) is 10.6 Å². The normalized spacial score (nSPS) is 11.1. The van der Waals surface area contributed by atoms with Crippen LogP contribution in [-0.4, -0.2) is 42.2 Å². The summed E-state index contributed by atoms with van der Waals surface area (Å²) in [7, 11) is 0.482. The van der Waals surface area contributed by atoms with Crippen LogP contribution in [0.5, 0.6) is 17.2 Å². The highest BCUT2D eigenvalue weighted by molar-refractivity contribution is 7.89. The lowest BCUT2D eigenvalue weighted by Crippen LogP contribution is -2.33. The number of carbonyl (C=O) groups is 1. The summed E-state index contributed by atoms with van der Waals surface area (Å²) in [6.07, 6.45) is 0.456. The average Bonchev–Trinajstić information content (AvgIpc) is 2.84. The third-order valence-corrected chi connectivity index (χ3v) is 6.64. The fourth-order valence-electron chi connectivity index (χ4n) is 3.31. The van der Waals surface area contributed by atoms with E-state index in [2.05, 4.69) is 10.0 Å². The molecule has 3 rings (SSSR count). The number of methoxy groups -OCH3 is 3. The fourth-order valence-corrected chi connectivity index (χ4v) is 4.50. The Morgan fingerprint density at radius 3 is 2.26 bits per heavy atom. The summed E-state index contributed by atoms with van der Waals surface area (Å²) in [5.41, 5.74) is 2.19. The average molecular weight is 505 g/mol. The minimum atomic E-state index is -3.96. The van der Waals surface area contributed by atoms with Gasteiger partial charge < -0.3 is 19.5 Å². The number of nitrogens with one attached hydrogen (secondary N) is 2. The van der Waals surface area contributed by atoms with Gasteiger partial charge in [-0.05, 0) is 47.5 Å². The molecule has 0 bridgehead atoms. The standard InChI is InChI=1S/C24H25ClN2O6S/c1-31-21-7-5-4-6-16(21)12-17-13-18(25)8-10-20(17)27-24(28)15-26-34(29,30)19-9-11-22(32-2)23(14-19)33-3/h4-11,13-14,26H,12,15H2,1-3H3,(H,27,28). The van der Waals surface area contributed by atoms with Crippen LogP contribution in [0.1, 0.15) is 11.1 Å². The first kappa shape index (κ1) is 25.4. The molecule has 0 fully saturated rings. The molecule has 8 nitrogen and oxygen atoms in total. The Balaban J connectivity index is 1.73. The number of para-hydroxylation sites is 1. The number of carbonyl (C=O) groups excluding carboxylic acids is 1. The van der Waals surface area contributed by atoms with Crippen LogP contribution in [-0.2, 0) is 21.2 Å². The predicted octanol–water partition coefficient (Wildman–Crippen LogP) is 3.87. The molecule has 0 aromatic heterocycles. The summed E-state index contributed by atoms with van der Waals surface area (Å²) in [5.74, 6) is 0.830. The number of hydrogen-bond acceptors (Lipinski definition) is 6. The molecule has 0 heterocycles. The van der Waals surface area contributed by atoms with Gasteiger partial charge >= 0.3 is 0 Å². The van der Waals surface area contributed by atoms with Crippen molar-refractivity contribution in [2.24, 2.45) is 0 Å². The molecular formula is C24H25ClN2O6S. The van der Waals surface area contributed by atoms with Crippen LogP contribution in [0.3, 0.4) is 0 Å². The van der Waals surface area contributed by atoms with Gasteiger partial charge in [0.2, 0.25) is 15.9 Å². The van der Waals surface area contributed by atoms with Crippen molar-refractivity contribution in [1.29, 1.82) is 0 Å². The third kappa shape index (κ3) is 6.19. The number of sulfonamides is 1. The maximum atomic E-state index is 12.7. The maximum absolute atomic E-state index is 12.7. The fraction of sp³-hybridized carbons (Fsp3) is 0.208. The van der Waals surface area contributed by atoms with Gasteiger partial charge in [0.25, 0.3) is 0 Å². The van der Waals surface area contributed by atoms with Crippen LogP contribution in [0.4, 0.5) is 5.69 Å². The molecule has 34 heavy (non-hydrogen) atoms. The molecule has 0 atom stereocenters. The van der Waals surface area contributed by atoms with Gasteiger partial charge in [0.15, 0.2) is 11.5 Å². The first-order valence-corrected chi connectivity index (χ1v) is 12.1. The molecular weight excluding hydrogens is 480 g/mol. The van der Waals surface area contributed by atoms with Crippen LogP contribution in [0, 0.1) is 0 Å². The number of benzene rings is 3. The van der Waals surface area contributed by atoms with Gasteiger partial charge in [-0.3, -0.25) is 4.79 Å². The van der Waals surface area contributed by atoms with Crippen LogP contribution in [0.2, 0.25) is 5.02 Å². The van der Waals surface area contributed by atoms with Gasteiger partial charge in [-0.25, -0.2) is 13.1 Å². The lowest BCUT2D eigenvalue weighted by molar-refractivity contribution is -0.115. The first-order chi connectivity index (χ1) is 16.3. The predicted molar refractivity (Wildman–Crippen MR) is 131 cm³/mol. The number of halogens is 1. The van der Waals surface area contributed by atoms with Gasteiger partial charge in [0.1, 0.15) is 5.75 Å². The van der Waals surface area contributed by atoms with E-state index in [1.165, 1.54) is 32.4 Å². The SMILES string of the molecule is COc1ccccc1Cc1cc(Cl)ccc1NC(=O)CNS(=O)(=O)c1ccc(OC)c(OC)c1. The molecule has 10 heteroatoms. The topological polar surface area (TPSA) is 103 Å². The van der Waals surface area contributed by atoms with Gasteiger partial charge in [-0.15, -0.1) is 0 Å². The van der Waals surface area contributed by atoms with Crippen molar-refractivity contribution in [3.8, 4) is 17.2 Å². The molecule has 0 aliphatic rings. The molecule has 0 radical (unpaired) electrons. The summed E-state index contributed by atoms with van der Waals surface area (Å²) >= 11 is 6.17. The highest BCUT2D eigenvalue weighted by Crippen LogP contribution is 2.30. The molecule has 2 N–H and O–H groups in total. The van der Waals surface area contributed by atoms with Gasteiger partial charge in [-0.1, -0.05) is 29.8 Å². The Bertz CT molecular complexity index is 1280. The summed E-state index contributed by atoms with van der Waals surface area (Å²) in [6.45, 7) is -0.465. The minimum Gasteiger partial charge on any atom is -0.496 e. The van der Waals surface area contributed by atoms with Crippen LogP contribution < -0.4 is 24.2 Å². The lowest BCUT2D eigenvalue weighted by atomic mass is 10.0. The largest absolute Gasteiger partial charge is 0.496 e. The Hall–Kier alpha value is -3.27. The van der Waals surface area contributed by atoms with Crippen molar-refractivity contribution in [3.05, 3.63) is 76.8 Å². The maximum Gasteiger partial charge on any atom is 0.241 e. The van der Waals surface area contributed by atoms with Crippen molar-refractivity contribution >= 4 is 33.2 Å². The van der Waals surface area contributed by atoms with E-state index in [4.69, 9.17) is 25.8 Å². The second kappa shape index (κ2) is 11.2. The highest BCUT2D eigenvalue weighted by atomic mass is 35.5. The monoisotopic (exact) mass is 504 g/mol. The number of hydrogen-bond donors (Lipinski definition) is 2. The van der Waals surface area contributed by atoms with E-state index in [1.807, 2.05) is 24.3 Å². The number of ether oxygens (including phenoxy) is 3. The first-order valence-electron chi connectivity index (χ1n) is 10.2. The Morgan fingerprint density at radius 1 is 0.853 bits per heavy atom. The van der Waals surface area contributed by atoms with Crippen LogP contribution in [0.25, 0.3) is 0 Å². The lowest BCUT2D eigenvalue weighted by Gasteiger charge is -2.14. The Kier molecular flexibility index (Phi) is 8.38. The summed E-state index contributed by atoms with van der Waals surface area (Å²) in [5, 5.41) is 3.26. The molecule has 0 saturated carbocycles. The zero-order valence-corrected chi connectivity index (χ0v) is 20.5. The van der Waals surface area contributed by atoms with Gasteiger partial charge in [0, 0.05) is 23.2 Å². The van der Waals surface area contributed by atoms with Gasteiger partial charge in [0.05, 0.1) is 32.8 Å². The minimum absolute atomic E-state index is 0.0543. The summed E-state index contributed by atoms with van der Waals surface area (Å²) in [4.78, 5) is 12.5. The molecule has 3 aromatic carbocycles. The molecule has 180 valence electrons. The summed E-state index contributed by atoms with van der Waals surface area (Å²) < 4.78 is 43.3. The Labute approximate surface area is 203 Å². The van der Waals surface area contributed by atoms with E-state index < -0.39 is 22.5 Å². The van der Waals surface area contributed by atoms with Crippen LogP contribution >= 0.6 is 11.6 Å². The van der Waals surface area contributed by atoms with Crippen molar-refractivity contribution < 1.29 is 27.4 Å². The van der Waals surface area contributed by atoms with Crippen molar-refractivity contribution in [2.75, 3.05) is 33.2 Å². The van der Waals surface area contributed by atoms with Crippen molar-refractivity contribution in [1.82, 2.24) is 4.72 Å². The van der Waals surface area contributed by atoms with E-state index in [9.17, 15) is 13.2 Å². The zero-order chi connectivity index (χ0) is 24.7. The van der Waals surface area contributed by atoms with E-state index in [0.29, 0.717) is 28.6 Å². The molecule has 0 unspecified atom stereocenters. The molecule has 0 spiro atoms.